The number of benzene rings is 2. The van der Waals surface area contributed by atoms with E-state index in [1.54, 1.807) is 24.3 Å². The highest BCUT2D eigenvalue weighted by atomic mass is 19.4. The van der Waals surface area contributed by atoms with Gasteiger partial charge in [0.1, 0.15) is 30.3 Å². The van der Waals surface area contributed by atoms with Crippen LogP contribution in [0.25, 0.3) is 0 Å². The summed E-state index contributed by atoms with van der Waals surface area (Å²) in [5.74, 6) is 0.0537. The number of ether oxygens (including phenoxy) is 1. The van der Waals surface area contributed by atoms with Crippen LogP contribution in [0.4, 0.5) is 29.3 Å². The van der Waals surface area contributed by atoms with Gasteiger partial charge < -0.3 is 4.74 Å². The second-order valence-corrected chi connectivity index (χ2v) is 7.11. The van der Waals surface area contributed by atoms with E-state index in [9.17, 15) is 18.0 Å². The minimum atomic E-state index is -4.74. The number of rotatable bonds is 4. The Kier molecular flexibility index (Phi) is 5.45. The lowest BCUT2D eigenvalue weighted by molar-refractivity contribution is -0.137. The monoisotopic (exact) mass is 453 g/mol. The molecule has 0 spiro atoms. The number of anilines is 1. The topological polar surface area (TPSA) is 99.4 Å². The molecule has 2 amide bonds. The van der Waals surface area contributed by atoms with Gasteiger partial charge in [0.15, 0.2) is 5.69 Å². The van der Waals surface area contributed by atoms with Crippen molar-refractivity contribution in [2.75, 3.05) is 12.5 Å². The molecule has 0 radical (unpaired) electrons. The largest absolute Gasteiger partial charge is 0.466 e. The van der Waals surface area contributed by atoms with E-state index in [1.807, 2.05) is 6.07 Å². The van der Waals surface area contributed by atoms with Crippen molar-refractivity contribution in [2.45, 2.75) is 6.18 Å². The third kappa shape index (κ3) is 4.32. The van der Waals surface area contributed by atoms with E-state index >= 15 is 0 Å². The van der Waals surface area contributed by atoms with Gasteiger partial charge in [-0.25, -0.2) is 15.2 Å². The fraction of sp³-hybridized carbons (Fsp3) is 0.0909. The van der Waals surface area contributed by atoms with Gasteiger partial charge in [0.25, 0.3) is 0 Å². The molecular formula is C22H16F3N6O2+. The van der Waals surface area contributed by atoms with Gasteiger partial charge in [0, 0.05) is 18.3 Å². The number of hydrogen-bond donors (Lipinski definition) is 2. The summed E-state index contributed by atoms with van der Waals surface area (Å²) < 4.78 is 46.0. The predicted octanol–water partition coefficient (Wildman–Crippen LogP) is 4.79. The number of fused-ring (bicyclic) bond motifs is 1. The normalized spacial score (nSPS) is 16.6. The average Bonchev–Trinajstić information content (AvgIpc) is 3.15. The van der Waals surface area contributed by atoms with E-state index in [2.05, 4.69) is 20.9 Å². The number of carbonyl (C=O) groups excluding carboxylic acids is 1. The first kappa shape index (κ1) is 21.8. The van der Waals surface area contributed by atoms with Crippen LogP contribution in [0, 0.1) is 11.3 Å². The van der Waals surface area contributed by atoms with E-state index < -0.39 is 22.4 Å². The number of quaternary nitrogens is 1. The van der Waals surface area contributed by atoms with Crippen molar-refractivity contribution >= 4 is 23.6 Å². The molecule has 3 aromatic rings. The van der Waals surface area contributed by atoms with Gasteiger partial charge in [0.2, 0.25) is 0 Å². The van der Waals surface area contributed by atoms with Crippen LogP contribution < -0.4 is 20.2 Å². The van der Waals surface area contributed by atoms with Gasteiger partial charge in [-0.05, 0) is 30.3 Å². The minimum Gasteiger partial charge on any atom is -0.457 e. The van der Waals surface area contributed by atoms with Gasteiger partial charge in [-0.15, -0.1) is 0 Å². The number of carbonyl (C=O) groups is 1. The van der Waals surface area contributed by atoms with Crippen molar-refractivity contribution in [1.82, 2.24) is 15.0 Å². The highest BCUT2D eigenvalue weighted by Crippen LogP contribution is 2.38. The van der Waals surface area contributed by atoms with Gasteiger partial charge in [-0.1, -0.05) is 21.8 Å². The molecule has 1 aliphatic rings. The van der Waals surface area contributed by atoms with Gasteiger partial charge in [-0.2, -0.15) is 18.4 Å². The van der Waals surface area contributed by atoms with E-state index in [0.717, 1.165) is 17.7 Å². The van der Waals surface area contributed by atoms with Gasteiger partial charge in [-0.3, -0.25) is 5.43 Å². The molecular weight excluding hydrogens is 437 g/mol. The second-order valence-electron chi connectivity index (χ2n) is 7.11. The number of amides is 2. The molecule has 1 atom stereocenters. The zero-order valence-electron chi connectivity index (χ0n) is 17.1. The lowest BCUT2D eigenvalue weighted by Crippen LogP contribution is -2.52. The fourth-order valence-electron chi connectivity index (χ4n) is 3.23. The van der Waals surface area contributed by atoms with E-state index in [1.165, 1.54) is 37.7 Å². The van der Waals surface area contributed by atoms with Crippen LogP contribution >= 0.6 is 0 Å². The Morgan fingerprint density at radius 3 is 2.64 bits per heavy atom. The molecule has 11 heteroatoms. The molecule has 2 heterocycles. The summed E-state index contributed by atoms with van der Waals surface area (Å²) in [5, 5.41) is 13.1. The molecule has 2 N–H and O–H groups in total. The Morgan fingerprint density at radius 1 is 1.12 bits per heavy atom. The number of para-hydroxylation sites is 1. The molecule has 8 nitrogen and oxygen atoms in total. The SMILES string of the molecule is C[N+]1(C(=O)NNc2ccc(Oc3ccnc(C#N)c3)cc2C(F)(F)F)N=Cc2ccccc21. The third-order valence-electron chi connectivity index (χ3n) is 4.91. The van der Waals surface area contributed by atoms with Crippen molar-refractivity contribution in [3.63, 3.8) is 0 Å². The Morgan fingerprint density at radius 2 is 1.88 bits per heavy atom. The molecule has 0 fully saturated rings. The first-order chi connectivity index (χ1) is 15.7. The lowest BCUT2D eigenvalue weighted by atomic mass is 10.1. The number of aromatic nitrogens is 1. The first-order valence-corrected chi connectivity index (χ1v) is 9.54. The number of nitrogens with one attached hydrogen (secondary N) is 2. The minimum absolute atomic E-state index is 0.0623. The molecule has 1 aromatic heterocycles. The molecule has 1 unspecified atom stereocenters. The summed E-state index contributed by atoms with van der Waals surface area (Å²) in [6.07, 6.45) is -1.90. The zero-order valence-corrected chi connectivity index (χ0v) is 17.1. The fourth-order valence-corrected chi connectivity index (χ4v) is 3.23. The first-order valence-electron chi connectivity index (χ1n) is 9.54. The highest BCUT2D eigenvalue weighted by molar-refractivity contribution is 6.00. The van der Waals surface area contributed by atoms with Crippen molar-refractivity contribution in [3.05, 3.63) is 77.6 Å². The summed E-state index contributed by atoms with van der Waals surface area (Å²) in [6.45, 7) is 0. The number of nitriles is 1. The van der Waals surface area contributed by atoms with E-state index in [0.29, 0.717) is 5.69 Å². The number of hydrazine groups is 1. The van der Waals surface area contributed by atoms with E-state index in [-0.39, 0.29) is 22.9 Å². The number of hydrogen-bond acceptors (Lipinski definition) is 6. The maximum atomic E-state index is 13.7. The number of alkyl halides is 3. The van der Waals surface area contributed by atoms with Crippen LogP contribution in [0.2, 0.25) is 0 Å². The zero-order chi connectivity index (χ0) is 23.6. The van der Waals surface area contributed by atoms with Gasteiger partial charge in [0.05, 0.1) is 23.0 Å². The number of nitrogens with zero attached hydrogens (tertiary/aromatic N) is 4. The standard InChI is InChI=1S/C22H15F3N6O2/c1-31(20-5-3-2-4-14(20)13-28-31)21(32)30-29-19-7-6-16(11-18(19)22(23,24)25)33-17-8-9-27-15(10-17)12-26/h2-11,13,29H,1H3/p+1. The maximum Gasteiger partial charge on any atom is 0.466 e. The number of halogens is 3. The predicted molar refractivity (Wildman–Crippen MR) is 114 cm³/mol. The Labute approximate surface area is 186 Å². The van der Waals surface area contributed by atoms with Crippen molar-refractivity contribution in [2.24, 2.45) is 5.10 Å². The number of urea groups is 1. The van der Waals surface area contributed by atoms with Crippen LogP contribution in [-0.4, -0.2) is 24.3 Å². The second kappa shape index (κ2) is 8.25. The maximum absolute atomic E-state index is 13.7. The highest BCUT2D eigenvalue weighted by Gasteiger charge is 2.41. The third-order valence-corrected chi connectivity index (χ3v) is 4.91. The molecule has 2 aromatic carbocycles. The summed E-state index contributed by atoms with van der Waals surface area (Å²) in [6, 6.07) is 14.1. The smallest absolute Gasteiger partial charge is 0.457 e. The molecule has 0 bridgehead atoms. The Bertz CT molecular complexity index is 1300. The van der Waals surface area contributed by atoms with Crippen LogP contribution in [0.1, 0.15) is 16.8 Å². The molecule has 4 rings (SSSR count). The van der Waals surface area contributed by atoms with E-state index in [4.69, 9.17) is 10.00 Å². The van der Waals surface area contributed by atoms with Crippen molar-refractivity contribution in [3.8, 4) is 17.6 Å². The van der Waals surface area contributed by atoms with Crippen LogP contribution in [0.3, 0.4) is 0 Å². The summed E-state index contributed by atoms with van der Waals surface area (Å²) in [4.78, 5) is 16.6. The van der Waals surface area contributed by atoms with Crippen LogP contribution in [0.15, 0.2) is 65.9 Å². The molecule has 33 heavy (non-hydrogen) atoms. The average molecular weight is 453 g/mol. The lowest BCUT2D eigenvalue weighted by Gasteiger charge is -2.22. The molecule has 166 valence electrons. The van der Waals surface area contributed by atoms with Crippen molar-refractivity contribution < 1.29 is 22.7 Å². The quantitative estimate of drug-likeness (QED) is 0.437. The summed E-state index contributed by atoms with van der Waals surface area (Å²) in [5.41, 5.74) is 4.61. The summed E-state index contributed by atoms with van der Waals surface area (Å²) >= 11 is 0. The molecule has 1 aliphatic heterocycles. The summed E-state index contributed by atoms with van der Waals surface area (Å²) in [7, 11) is 1.52. The molecule has 0 saturated heterocycles. The van der Waals surface area contributed by atoms with Crippen molar-refractivity contribution in [1.29, 1.82) is 5.26 Å². The van der Waals surface area contributed by atoms with Gasteiger partial charge >= 0.3 is 12.2 Å². The molecule has 0 saturated carbocycles. The Hall–Kier alpha value is -4.43. The van der Waals surface area contributed by atoms with Crippen LogP contribution in [-0.2, 0) is 6.18 Å². The Balaban J connectivity index is 1.55. The van der Waals surface area contributed by atoms with Crippen LogP contribution in [0.5, 0.6) is 11.5 Å². The number of pyridine rings is 1. The molecule has 0 aliphatic carbocycles.